The molecular formula is C15H14Br2ClNO. The zero-order valence-electron chi connectivity index (χ0n) is 10.9. The molecule has 0 aliphatic carbocycles. The Hall–Kier alpha value is -0.550. The molecule has 2 nitrogen and oxygen atoms in total. The molecule has 0 spiro atoms. The van der Waals surface area contributed by atoms with E-state index in [2.05, 4.69) is 44.1 Å². The monoisotopic (exact) mass is 417 g/mol. The van der Waals surface area contributed by atoms with E-state index in [4.69, 9.17) is 16.3 Å². The zero-order valence-corrected chi connectivity index (χ0v) is 14.8. The molecule has 0 amide bonds. The van der Waals surface area contributed by atoms with Gasteiger partial charge in [-0.25, -0.2) is 0 Å². The molecule has 0 atom stereocenters. The van der Waals surface area contributed by atoms with Crippen LogP contribution in [-0.2, 0) is 6.54 Å². The normalized spacial score (nSPS) is 10.6. The van der Waals surface area contributed by atoms with E-state index in [0.717, 1.165) is 33.3 Å². The molecule has 5 heteroatoms. The average molecular weight is 420 g/mol. The summed E-state index contributed by atoms with van der Waals surface area (Å²) >= 11 is 13.1. The topological polar surface area (TPSA) is 21.3 Å². The smallest absolute Gasteiger partial charge is 0.147 e. The highest BCUT2D eigenvalue weighted by atomic mass is 79.9. The molecule has 2 aromatic carbocycles. The van der Waals surface area contributed by atoms with Gasteiger partial charge in [0.1, 0.15) is 11.5 Å². The van der Waals surface area contributed by atoms with Gasteiger partial charge in [-0.2, -0.15) is 0 Å². The van der Waals surface area contributed by atoms with Gasteiger partial charge in [-0.05, 0) is 42.9 Å². The molecule has 20 heavy (non-hydrogen) atoms. The predicted molar refractivity (Wildman–Crippen MR) is 90.7 cm³/mol. The van der Waals surface area contributed by atoms with Crippen LogP contribution >= 0.6 is 43.5 Å². The first-order valence-electron chi connectivity index (χ1n) is 6.22. The maximum absolute atomic E-state index is 6.16. The van der Waals surface area contributed by atoms with Crippen molar-refractivity contribution in [1.82, 2.24) is 5.32 Å². The van der Waals surface area contributed by atoms with Crippen LogP contribution in [0.3, 0.4) is 0 Å². The molecule has 2 aromatic rings. The van der Waals surface area contributed by atoms with E-state index in [1.165, 1.54) is 0 Å². The van der Waals surface area contributed by atoms with E-state index in [-0.39, 0.29) is 0 Å². The molecule has 0 heterocycles. The molecule has 0 bridgehead atoms. The lowest BCUT2D eigenvalue weighted by Crippen LogP contribution is -2.12. The second-order valence-electron chi connectivity index (χ2n) is 4.21. The van der Waals surface area contributed by atoms with Crippen LogP contribution in [0, 0.1) is 0 Å². The second-order valence-corrected chi connectivity index (χ2v) is 6.45. The summed E-state index contributed by atoms with van der Waals surface area (Å²) in [6, 6.07) is 11.5. The van der Waals surface area contributed by atoms with Crippen LogP contribution in [0.2, 0.25) is 5.02 Å². The van der Waals surface area contributed by atoms with Gasteiger partial charge < -0.3 is 10.1 Å². The number of halogens is 3. The molecular weight excluding hydrogens is 405 g/mol. The lowest BCUT2D eigenvalue weighted by molar-refractivity contribution is 0.473. The summed E-state index contributed by atoms with van der Waals surface area (Å²) in [7, 11) is 0. The Bertz CT molecular complexity index is 604. The van der Waals surface area contributed by atoms with Crippen LogP contribution in [0.15, 0.2) is 45.3 Å². The third kappa shape index (κ3) is 4.22. The molecule has 0 aliphatic heterocycles. The minimum Gasteiger partial charge on any atom is -0.455 e. The summed E-state index contributed by atoms with van der Waals surface area (Å²) in [6.07, 6.45) is 0. The van der Waals surface area contributed by atoms with Crippen molar-refractivity contribution in [3.05, 3.63) is 55.9 Å². The third-order valence-electron chi connectivity index (χ3n) is 2.70. The van der Waals surface area contributed by atoms with Crippen molar-refractivity contribution in [2.75, 3.05) is 6.54 Å². The van der Waals surface area contributed by atoms with Crippen LogP contribution in [0.5, 0.6) is 11.5 Å². The number of benzene rings is 2. The quantitative estimate of drug-likeness (QED) is 0.665. The number of hydrogen-bond donors (Lipinski definition) is 1. The number of nitrogens with one attached hydrogen (secondary N) is 1. The largest absolute Gasteiger partial charge is 0.455 e. The number of rotatable bonds is 5. The Morgan fingerprint density at radius 3 is 2.50 bits per heavy atom. The van der Waals surface area contributed by atoms with Crippen molar-refractivity contribution in [2.24, 2.45) is 0 Å². The van der Waals surface area contributed by atoms with Crippen molar-refractivity contribution in [2.45, 2.75) is 13.5 Å². The summed E-state index contributed by atoms with van der Waals surface area (Å²) in [6.45, 7) is 3.73. The Kier molecular flexibility index (Phi) is 5.90. The van der Waals surface area contributed by atoms with Gasteiger partial charge in [-0.1, -0.05) is 50.4 Å². The first-order chi connectivity index (χ1) is 9.60. The first kappa shape index (κ1) is 15.8. The van der Waals surface area contributed by atoms with Crippen molar-refractivity contribution in [3.63, 3.8) is 0 Å². The molecule has 0 fully saturated rings. The fraction of sp³-hybridized carbons (Fsp3) is 0.200. The Morgan fingerprint density at radius 2 is 1.75 bits per heavy atom. The molecule has 2 rings (SSSR count). The highest BCUT2D eigenvalue weighted by Gasteiger charge is 2.09. The zero-order chi connectivity index (χ0) is 14.5. The van der Waals surface area contributed by atoms with Crippen molar-refractivity contribution in [1.29, 1.82) is 0 Å². The molecule has 0 radical (unpaired) electrons. The van der Waals surface area contributed by atoms with Gasteiger partial charge in [0.05, 0.1) is 5.02 Å². The molecule has 0 unspecified atom stereocenters. The van der Waals surface area contributed by atoms with Crippen LogP contribution in [0.4, 0.5) is 0 Å². The standard InChI is InChI=1S/C15H14Br2ClNO/c1-2-19-9-10-7-11(16)4-6-14(10)20-15-8-12(17)3-5-13(15)18/h3-8,19H,2,9H2,1H3. The van der Waals surface area contributed by atoms with Crippen LogP contribution in [0.1, 0.15) is 12.5 Å². The molecule has 106 valence electrons. The minimum atomic E-state index is 0.588. The molecule has 0 saturated carbocycles. The summed E-state index contributed by atoms with van der Waals surface area (Å²) in [4.78, 5) is 0. The summed E-state index contributed by atoms with van der Waals surface area (Å²) in [5.41, 5.74) is 1.08. The Morgan fingerprint density at radius 1 is 1.05 bits per heavy atom. The second kappa shape index (κ2) is 7.46. The maximum Gasteiger partial charge on any atom is 0.147 e. The van der Waals surface area contributed by atoms with Crippen molar-refractivity contribution >= 4 is 43.5 Å². The van der Waals surface area contributed by atoms with Crippen LogP contribution in [-0.4, -0.2) is 6.54 Å². The van der Waals surface area contributed by atoms with Gasteiger partial charge in [-0.15, -0.1) is 0 Å². The van der Waals surface area contributed by atoms with E-state index in [1.807, 2.05) is 36.4 Å². The fourth-order valence-corrected chi connectivity index (χ4v) is 2.62. The van der Waals surface area contributed by atoms with Gasteiger partial charge in [0.2, 0.25) is 0 Å². The van der Waals surface area contributed by atoms with Gasteiger partial charge in [0.25, 0.3) is 0 Å². The Balaban J connectivity index is 2.30. The molecule has 0 saturated heterocycles. The average Bonchev–Trinajstić information content (AvgIpc) is 2.43. The van der Waals surface area contributed by atoms with E-state index in [0.29, 0.717) is 10.8 Å². The highest BCUT2D eigenvalue weighted by molar-refractivity contribution is 9.10. The van der Waals surface area contributed by atoms with E-state index in [1.54, 1.807) is 0 Å². The summed E-state index contributed by atoms with van der Waals surface area (Å²) in [5, 5.41) is 3.89. The number of hydrogen-bond acceptors (Lipinski definition) is 2. The predicted octanol–water partition coefficient (Wildman–Crippen LogP) is 5.77. The maximum atomic E-state index is 6.16. The van der Waals surface area contributed by atoms with Gasteiger partial charge in [-0.3, -0.25) is 0 Å². The lowest BCUT2D eigenvalue weighted by atomic mass is 10.2. The summed E-state index contributed by atoms with van der Waals surface area (Å²) < 4.78 is 7.91. The van der Waals surface area contributed by atoms with Gasteiger partial charge in [0, 0.05) is 21.1 Å². The van der Waals surface area contributed by atoms with Crippen LogP contribution < -0.4 is 10.1 Å². The fourth-order valence-electron chi connectivity index (χ4n) is 1.72. The lowest BCUT2D eigenvalue weighted by Gasteiger charge is -2.13. The van der Waals surface area contributed by atoms with E-state index < -0.39 is 0 Å². The molecule has 0 aromatic heterocycles. The highest BCUT2D eigenvalue weighted by Crippen LogP contribution is 2.34. The first-order valence-corrected chi connectivity index (χ1v) is 8.18. The molecule has 0 aliphatic rings. The van der Waals surface area contributed by atoms with Crippen molar-refractivity contribution in [3.8, 4) is 11.5 Å². The van der Waals surface area contributed by atoms with Crippen LogP contribution in [0.25, 0.3) is 0 Å². The SMILES string of the molecule is CCNCc1cc(Br)ccc1Oc1cc(Br)ccc1Cl. The minimum absolute atomic E-state index is 0.588. The van der Waals surface area contributed by atoms with Crippen molar-refractivity contribution < 1.29 is 4.74 Å². The summed E-state index contributed by atoms with van der Waals surface area (Å²) in [5.74, 6) is 1.44. The molecule has 1 N–H and O–H groups in total. The Labute approximate surface area is 140 Å². The van der Waals surface area contributed by atoms with Gasteiger partial charge in [0.15, 0.2) is 0 Å². The van der Waals surface area contributed by atoms with E-state index in [9.17, 15) is 0 Å². The van der Waals surface area contributed by atoms with E-state index >= 15 is 0 Å². The third-order valence-corrected chi connectivity index (χ3v) is 4.00. The number of ether oxygens (including phenoxy) is 1. The van der Waals surface area contributed by atoms with Gasteiger partial charge >= 0.3 is 0 Å².